The normalized spacial score (nSPS) is 22.7. The van der Waals surface area contributed by atoms with Crippen LogP contribution in [0.5, 0.6) is 5.88 Å². The zero-order chi connectivity index (χ0) is 20.9. The number of pyridine rings is 1. The number of ether oxygens (including phenoxy) is 1. The summed E-state index contributed by atoms with van der Waals surface area (Å²) in [6.07, 6.45) is 3.94. The lowest BCUT2D eigenvalue weighted by Gasteiger charge is -2.35. The van der Waals surface area contributed by atoms with Gasteiger partial charge in [0.05, 0.1) is 10.4 Å². The summed E-state index contributed by atoms with van der Waals surface area (Å²) in [6, 6.07) is 7.09. The van der Waals surface area contributed by atoms with Crippen molar-refractivity contribution < 1.29 is 14.1 Å². The van der Waals surface area contributed by atoms with Crippen molar-refractivity contribution in [3.63, 3.8) is 0 Å². The second kappa shape index (κ2) is 7.14. The number of anilines is 1. The largest absolute Gasteiger partial charge is 0.473 e. The molecular formula is C20H16Cl2N4O4. The Balaban J connectivity index is 1.39. The third-order valence-corrected chi connectivity index (χ3v) is 6.25. The fraction of sp³-hybridized carbons (Fsp3) is 0.300. The standard InChI is InChI=1S/C20H16Cl2N4O4/c21-11-8-14(22)17(23-9-11)29-12-3-5-20(6-4-12)13-7-10(16-25-19(28)30-26-16)1-2-15(13)24-18(20)27/h1-2,7-9,12H,3-6H2,(H,24,27)(H,25,26,28). The molecule has 3 aromatic rings. The van der Waals surface area contributed by atoms with E-state index < -0.39 is 11.2 Å². The van der Waals surface area contributed by atoms with Gasteiger partial charge in [-0.3, -0.25) is 14.3 Å². The third kappa shape index (κ3) is 3.16. The lowest BCUT2D eigenvalue weighted by molar-refractivity contribution is -0.122. The number of amides is 1. The van der Waals surface area contributed by atoms with Gasteiger partial charge in [-0.25, -0.2) is 9.78 Å². The van der Waals surface area contributed by atoms with Crippen LogP contribution in [0.3, 0.4) is 0 Å². The van der Waals surface area contributed by atoms with Gasteiger partial charge in [-0.15, -0.1) is 0 Å². The maximum atomic E-state index is 12.9. The quantitative estimate of drug-likeness (QED) is 0.630. The first-order chi connectivity index (χ1) is 14.4. The van der Waals surface area contributed by atoms with Crippen LogP contribution in [0.25, 0.3) is 11.4 Å². The van der Waals surface area contributed by atoms with Crippen LogP contribution in [0.4, 0.5) is 5.69 Å². The summed E-state index contributed by atoms with van der Waals surface area (Å²) in [6.45, 7) is 0. The fourth-order valence-corrected chi connectivity index (χ4v) is 4.68. The predicted molar refractivity (Wildman–Crippen MR) is 110 cm³/mol. The molecule has 8 nitrogen and oxygen atoms in total. The summed E-state index contributed by atoms with van der Waals surface area (Å²) in [5, 5.41) is 7.52. The molecule has 1 aliphatic heterocycles. The zero-order valence-electron chi connectivity index (χ0n) is 15.6. The number of halogens is 2. The third-order valence-electron chi connectivity index (χ3n) is 5.77. The van der Waals surface area contributed by atoms with Crippen molar-refractivity contribution in [1.29, 1.82) is 0 Å². The number of nitrogens with zero attached hydrogens (tertiary/aromatic N) is 2. The lowest BCUT2D eigenvalue weighted by atomic mass is 9.69. The number of benzene rings is 1. The molecule has 2 aromatic heterocycles. The first kappa shape index (κ1) is 19.1. The Hall–Kier alpha value is -2.84. The van der Waals surface area contributed by atoms with E-state index in [0.29, 0.717) is 53.0 Å². The summed E-state index contributed by atoms with van der Waals surface area (Å²) in [5.74, 6) is 0.0271. The van der Waals surface area contributed by atoms with Crippen LogP contribution in [0.2, 0.25) is 10.0 Å². The van der Waals surface area contributed by atoms with Crippen molar-refractivity contribution in [2.24, 2.45) is 0 Å². The summed E-state index contributed by atoms with van der Waals surface area (Å²) in [7, 11) is 0. The van der Waals surface area contributed by atoms with E-state index in [0.717, 1.165) is 11.3 Å². The number of hydrogen-bond acceptors (Lipinski definition) is 6. The number of carbonyl (C=O) groups is 1. The van der Waals surface area contributed by atoms with Gasteiger partial charge in [0, 0.05) is 17.4 Å². The number of carbonyl (C=O) groups excluding carboxylic acids is 1. The van der Waals surface area contributed by atoms with Crippen molar-refractivity contribution >= 4 is 34.8 Å². The first-order valence-electron chi connectivity index (χ1n) is 9.45. The molecule has 0 atom stereocenters. The van der Waals surface area contributed by atoms with Gasteiger partial charge in [0.25, 0.3) is 0 Å². The Morgan fingerprint density at radius 2 is 1.97 bits per heavy atom. The van der Waals surface area contributed by atoms with Gasteiger partial charge in [0.2, 0.25) is 11.8 Å². The molecule has 1 saturated carbocycles. The molecule has 0 bridgehead atoms. The van der Waals surface area contributed by atoms with Crippen molar-refractivity contribution in [3.8, 4) is 17.3 Å². The Morgan fingerprint density at radius 1 is 1.17 bits per heavy atom. The minimum Gasteiger partial charge on any atom is -0.473 e. The summed E-state index contributed by atoms with van der Waals surface area (Å²) >= 11 is 12.0. The SMILES string of the molecule is O=C1Nc2ccc(-c3noc(=O)[nH]3)cc2C12CCC(Oc1ncc(Cl)cc1Cl)CC2. The van der Waals surface area contributed by atoms with E-state index in [2.05, 4.69) is 25.0 Å². The molecule has 10 heteroatoms. The summed E-state index contributed by atoms with van der Waals surface area (Å²) < 4.78 is 10.6. The van der Waals surface area contributed by atoms with Crippen LogP contribution in [0.1, 0.15) is 31.2 Å². The topological polar surface area (TPSA) is 110 Å². The molecule has 3 heterocycles. The minimum atomic E-state index is -0.646. The molecule has 1 spiro atoms. The van der Waals surface area contributed by atoms with Gasteiger partial charge in [0.15, 0.2) is 5.82 Å². The summed E-state index contributed by atoms with van der Waals surface area (Å²) in [5.41, 5.74) is 1.71. The smallest absolute Gasteiger partial charge is 0.439 e. The molecule has 1 fully saturated rings. The molecule has 0 saturated heterocycles. The molecule has 1 aliphatic carbocycles. The Morgan fingerprint density at radius 3 is 2.67 bits per heavy atom. The van der Waals surface area contributed by atoms with E-state index in [1.54, 1.807) is 12.1 Å². The van der Waals surface area contributed by atoms with E-state index in [4.69, 9.17) is 27.9 Å². The maximum absolute atomic E-state index is 12.9. The minimum absolute atomic E-state index is 0.0237. The first-order valence-corrected chi connectivity index (χ1v) is 10.2. The van der Waals surface area contributed by atoms with Gasteiger partial charge in [-0.05, 0) is 55.5 Å². The number of aromatic amines is 1. The number of fused-ring (bicyclic) bond motifs is 2. The van der Waals surface area contributed by atoms with Crippen LogP contribution in [0, 0.1) is 0 Å². The number of hydrogen-bond donors (Lipinski definition) is 2. The Labute approximate surface area is 180 Å². The number of nitrogens with one attached hydrogen (secondary N) is 2. The fourth-order valence-electron chi connectivity index (χ4n) is 4.26. The van der Waals surface area contributed by atoms with E-state index in [1.165, 1.54) is 6.20 Å². The lowest BCUT2D eigenvalue weighted by Crippen LogP contribution is -2.41. The van der Waals surface area contributed by atoms with E-state index in [9.17, 15) is 9.59 Å². The van der Waals surface area contributed by atoms with Crippen molar-refractivity contribution in [3.05, 3.63) is 56.6 Å². The monoisotopic (exact) mass is 446 g/mol. The second-order valence-corrected chi connectivity index (χ2v) is 8.34. The van der Waals surface area contributed by atoms with Crippen molar-refractivity contribution in [1.82, 2.24) is 15.1 Å². The van der Waals surface area contributed by atoms with Gasteiger partial charge < -0.3 is 10.1 Å². The molecule has 154 valence electrons. The molecule has 1 aromatic carbocycles. The molecule has 1 amide bonds. The molecule has 5 rings (SSSR count). The van der Waals surface area contributed by atoms with Gasteiger partial charge in [0.1, 0.15) is 11.1 Å². The van der Waals surface area contributed by atoms with E-state index in [-0.39, 0.29) is 12.0 Å². The average Bonchev–Trinajstić information content (AvgIpc) is 3.27. The van der Waals surface area contributed by atoms with Crippen molar-refractivity contribution in [2.45, 2.75) is 37.2 Å². The number of rotatable bonds is 3. The van der Waals surface area contributed by atoms with E-state index >= 15 is 0 Å². The van der Waals surface area contributed by atoms with Crippen LogP contribution in [-0.4, -0.2) is 27.1 Å². The van der Waals surface area contributed by atoms with Crippen LogP contribution in [0.15, 0.2) is 39.8 Å². The molecule has 2 aliphatic rings. The van der Waals surface area contributed by atoms with E-state index in [1.807, 2.05) is 12.1 Å². The van der Waals surface area contributed by atoms with Crippen LogP contribution in [-0.2, 0) is 10.2 Å². The molecule has 30 heavy (non-hydrogen) atoms. The number of H-pyrrole nitrogens is 1. The Bertz CT molecular complexity index is 1200. The van der Waals surface area contributed by atoms with Crippen LogP contribution >= 0.6 is 23.2 Å². The molecule has 0 radical (unpaired) electrons. The highest BCUT2D eigenvalue weighted by atomic mass is 35.5. The zero-order valence-corrected chi connectivity index (χ0v) is 17.1. The number of aromatic nitrogens is 3. The average molecular weight is 447 g/mol. The molecular weight excluding hydrogens is 431 g/mol. The molecule has 0 unspecified atom stereocenters. The highest BCUT2D eigenvalue weighted by molar-refractivity contribution is 6.35. The maximum Gasteiger partial charge on any atom is 0.439 e. The summed E-state index contributed by atoms with van der Waals surface area (Å²) in [4.78, 5) is 30.9. The van der Waals surface area contributed by atoms with Gasteiger partial charge in [-0.2, -0.15) is 0 Å². The highest BCUT2D eigenvalue weighted by Gasteiger charge is 2.49. The highest BCUT2D eigenvalue weighted by Crippen LogP contribution is 2.49. The Kier molecular flexibility index (Phi) is 4.56. The van der Waals surface area contributed by atoms with Gasteiger partial charge in [-0.1, -0.05) is 28.4 Å². The van der Waals surface area contributed by atoms with Gasteiger partial charge >= 0.3 is 5.76 Å². The second-order valence-electron chi connectivity index (χ2n) is 7.50. The van der Waals surface area contributed by atoms with Crippen molar-refractivity contribution in [2.75, 3.05) is 5.32 Å². The van der Waals surface area contributed by atoms with Crippen LogP contribution < -0.4 is 15.8 Å². The predicted octanol–water partition coefficient (Wildman–Crippen LogP) is 3.94. The molecule has 2 N–H and O–H groups in total.